The van der Waals surface area contributed by atoms with Crippen LogP contribution in [0.3, 0.4) is 0 Å². The molecular weight excluding hydrogens is 532 g/mol. The molecule has 3 aromatic rings. The molecule has 2 amide bonds. The molecule has 0 spiro atoms. The summed E-state index contributed by atoms with van der Waals surface area (Å²) in [6, 6.07) is 23.7. The zero-order valence-electron chi connectivity index (χ0n) is 21.3. The topological polar surface area (TPSA) is 49.4 Å². The Morgan fingerprint density at radius 2 is 1.61 bits per heavy atom. The highest BCUT2D eigenvalue weighted by Crippen LogP contribution is 2.21. The van der Waals surface area contributed by atoms with Crippen LogP contribution in [0.4, 0.5) is 0 Å². The van der Waals surface area contributed by atoms with Gasteiger partial charge in [-0.25, -0.2) is 0 Å². The van der Waals surface area contributed by atoms with Crippen LogP contribution in [0.2, 0.25) is 0 Å². The third-order valence-corrected chi connectivity index (χ3v) is 7.32. The summed E-state index contributed by atoms with van der Waals surface area (Å²) in [5.74, 6) is 0.929. The first kappa shape index (κ1) is 28.0. The third-order valence-electron chi connectivity index (χ3n) is 5.84. The van der Waals surface area contributed by atoms with Crippen LogP contribution in [0.15, 0.2) is 77.3 Å². The second-order valence-corrected chi connectivity index (χ2v) is 11.0. The predicted molar refractivity (Wildman–Crippen MR) is 154 cm³/mol. The number of rotatable bonds is 12. The molecule has 190 valence electrons. The standard InChI is InChI=1S/C30H35BrN2O2S/c1-4-13-32-30(35)28(18-24-9-6-5-7-10-24)33(19-25-11-8-12-27(31)17-25)29(34)21-36-20-26-15-22(2)14-23(3)16-26/h5-12,14-17,28H,4,13,18-21H2,1-3H3,(H,32,35). The summed E-state index contributed by atoms with van der Waals surface area (Å²) in [5.41, 5.74) is 5.68. The number of aryl methyl sites for hydroxylation is 2. The van der Waals surface area contributed by atoms with Gasteiger partial charge in [-0.1, -0.05) is 94.6 Å². The van der Waals surface area contributed by atoms with Crippen molar-refractivity contribution in [2.24, 2.45) is 0 Å². The maximum absolute atomic E-state index is 13.7. The highest BCUT2D eigenvalue weighted by molar-refractivity contribution is 9.10. The maximum atomic E-state index is 13.7. The molecule has 1 atom stereocenters. The summed E-state index contributed by atoms with van der Waals surface area (Å²) >= 11 is 5.13. The second-order valence-electron chi connectivity index (χ2n) is 9.14. The highest BCUT2D eigenvalue weighted by atomic mass is 79.9. The van der Waals surface area contributed by atoms with Gasteiger partial charge in [-0.05, 0) is 49.1 Å². The molecule has 3 rings (SSSR count). The minimum absolute atomic E-state index is 0.0306. The van der Waals surface area contributed by atoms with E-state index >= 15 is 0 Å². The van der Waals surface area contributed by atoms with Crippen molar-refractivity contribution in [2.75, 3.05) is 12.3 Å². The number of benzene rings is 3. The van der Waals surface area contributed by atoms with E-state index in [0.717, 1.165) is 27.8 Å². The normalized spacial score (nSPS) is 11.7. The quantitative estimate of drug-likeness (QED) is 0.273. The molecule has 1 N–H and O–H groups in total. The Bertz CT molecular complexity index is 1130. The van der Waals surface area contributed by atoms with Crippen molar-refractivity contribution in [1.29, 1.82) is 0 Å². The van der Waals surface area contributed by atoms with Gasteiger partial charge >= 0.3 is 0 Å². The Morgan fingerprint density at radius 3 is 2.28 bits per heavy atom. The van der Waals surface area contributed by atoms with Crippen molar-refractivity contribution in [2.45, 2.75) is 52.0 Å². The molecule has 0 bridgehead atoms. The Kier molecular flexibility index (Phi) is 11.1. The molecule has 6 heteroatoms. The monoisotopic (exact) mass is 566 g/mol. The Balaban J connectivity index is 1.83. The van der Waals surface area contributed by atoms with Crippen LogP contribution in [0, 0.1) is 13.8 Å². The molecule has 0 saturated carbocycles. The smallest absolute Gasteiger partial charge is 0.243 e. The molecule has 3 aromatic carbocycles. The SMILES string of the molecule is CCCNC(=O)C(Cc1ccccc1)N(Cc1cccc(Br)c1)C(=O)CSCc1cc(C)cc(C)c1. The van der Waals surface area contributed by atoms with Crippen molar-refractivity contribution in [3.63, 3.8) is 0 Å². The van der Waals surface area contributed by atoms with Crippen LogP contribution in [-0.4, -0.2) is 35.1 Å². The zero-order chi connectivity index (χ0) is 25.9. The van der Waals surface area contributed by atoms with Gasteiger partial charge in [-0.2, -0.15) is 0 Å². The van der Waals surface area contributed by atoms with Gasteiger partial charge < -0.3 is 10.2 Å². The lowest BCUT2D eigenvalue weighted by atomic mass is 10.0. The maximum Gasteiger partial charge on any atom is 0.243 e. The number of nitrogens with zero attached hydrogens (tertiary/aromatic N) is 1. The van der Waals surface area contributed by atoms with Crippen molar-refractivity contribution < 1.29 is 9.59 Å². The van der Waals surface area contributed by atoms with Crippen LogP contribution in [0.25, 0.3) is 0 Å². The fraction of sp³-hybridized carbons (Fsp3) is 0.333. The summed E-state index contributed by atoms with van der Waals surface area (Å²) in [6.07, 6.45) is 1.31. The lowest BCUT2D eigenvalue weighted by molar-refractivity contribution is -0.139. The lowest BCUT2D eigenvalue weighted by Crippen LogP contribution is -2.51. The van der Waals surface area contributed by atoms with Gasteiger partial charge in [0.2, 0.25) is 11.8 Å². The number of hydrogen-bond donors (Lipinski definition) is 1. The molecule has 0 aliphatic heterocycles. The molecule has 0 fully saturated rings. The van der Waals surface area contributed by atoms with E-state index in [1.165, 1.54) is 16.7 Å². The van der Waals surface area contributed by atoms with E-state index in [0.29, 0.717) is 25.3 Å². The van der Waals surface area contributed by atoms with Gasteiger partial charge in [0.15, 0.2) is 0 Å². The molecule has 0 saturated heterocycles. The average Bonchev–Trinajstić information content (AvgIpc) is 2.84. The molecule has 1 unspecified atom stereocenters. The molecule has 0 aliphatic rings. The van der Waals surface area contributed by atoms with E-state index in [1.807, 2.05) is 61.5 Å². The second kappa shape index (κ2) is 14.2. The molecular formula is C30H35BrN2O2S. The first-order valence-electron chi connectivity index (χ1n) is 12.4. The first-order chi connectivity index (χ1) is 17.4. The number of carbonyl (C=O) groups is 2. The van der Waals surface area contributed by atoms with Crippen molar-refractivity contribution in [3.05, 3.63) is 105 Å². The molecule has 4 nitrogen and oxygen atoms in total. The molecule has 36 heavy (non-hydrogen) atoms. The average molecular weight is 568 g/mol. The van der Waals surface area contributed by atoms with Gasteiger partial charge in [-0.15, -0.1) is 11.8 Å². The Morgan fingerprint density at radius 1 is 0.917 bits per heavy atom. The number of nitrogens with one attached hydrogen (secondary N) is 1. The predicted octanol–water partition coefficient (Wildman–Crippen LogP) is 6.47. The van der Waals surface area contributed by atoms with E-state index in [-0.39, 0.29) is 11.8 Å². The zero-order valence-corrected chi connectivity index (χ0v) is 23.7. The molecule has 0 radical (unpaired) electrons. The molecule has 0 aromatic heterocycles. The summed E-state index contributed by atoms with van der Waals surface area (Å²) in [5, 5.41) is 3.03. The summed E-state index contributed by atoms with van der Waals surface area (Å²) in [6.45, 7) is 7.18. The fourth-order valence-corrected chi connectivity index (χ4v) is 5.53. The minimum atomic E-state index is -0.591. The van der Waals surface area contributed by atoms with Crippen molar-refractivity contribution in [3.8, 4) is 0 Å². The van der Waals surface area contributed by atoms with E-state index in [1.54, 1.807) is 16.7 Å². The van der Waals surface area contributed by atoms with Crippen LogP contribution < -0.4 is 5.32 Å². The number of hydrogen-bond acceptors (Lipinski definition) is 3. The lowest BCUT2D eigenvalue weighted by Gasteiger charge is -2.31. The Labute approximate surface area is 228 Å². The van der Waals surface area contributed by atoms with Crippen LogP contribution >= 0.6 is 27.7 Å². The van der Waals surface area contributed by atoms with E-state index in [4.69, 9.17) is 0 Å². The third kappa shape index (κ3) is 8.82. The van der Waals surface area contributed by atoms with E-state index < -0.39 is 6.04 Å². The van der Waals surface area contributed by atoms with Crippen LogP contribution in [0.1, 0.15) is 41.2 Å². The van der Waals surface area contributed by atoms with Gasteiger partial charge in [-0.3, -0.25) is 9.59 Å². The summed E-state index contributed by atoms with van der Waals surface area (Å²) in [4.78, 5) is 28.8. The van der Waals surface area contributed by atoms with E-state index in [9.17, 15) is 9.59 Å². The minimum Gasteiger partial charge on any atom is -0.354 e. The Hall–Kier alpha value is -2.57. The number of amides is 2. The number of carbonyl (C=O) groups excluding carboxylic acids is 2. The first-order valence-corrected chi connectivity index (χ1v) is 14.3. The van der Waals surface area contributed by atoms with Crippen LogP contribution in [-0.2, 0) is 28.3 Å². The van der Waals surface area contributed by atoms with Crippen molar-refractivity contribution >= 4 is 39.5 Å². The highest BCUT2D eigenvalue weighted by Gasteiger charge is 2.30. The van der Waals surface area contributed by atoms with E-state index in [2.05, 4.69) is 53.3 Å². The van der Waals surface area contributed by atoms with Crippen LogP contribution in [0.5, 0.6) is 0 Å². The number of thioether (sulfide) groups is 1. The van der Waals surface area contributed by atoms with Gasteiger partial charge in [0.25, 0.3) is 0 Å². The van der Waals surface area contributed by atoms with Crippen molar-refractivity contribution in [1.82, 2.24) is 10.2 Å². The fourth-order valence-electron chi connectivity index (χ4n) is 4.24. The van der Waals surface area contributed by atoms with Gasteiger partial charge in [0, 0.05) is 29.7 Å². The summed E-state index contributed by atoms with van der Waals surface area (Å²) < 4.78 is 0.951. The summed E-state index contributed by atoms with van der Waals surface area (Å²) in [7, 11) is 0. The van der Waals surface area contributed by atoms with Gasteiger partial charge in [0.1, 0.15) is 6.04 Å². The number of halogens is 1. The molecule has 0 heterocycles. The van der Waals surface area contributed by atoms with Gasteiger partial charge in [0.05, 0.1) is 5.75 Å². The molecule has 0 aliphatic carbocycles. The largest absolute Gasteiger partial charge is 0.354 e.